The van der Waals surface area contributed by atoms with Crippen LogP contribution in [-0.2, 0) is 12.1 Å². The van der Waals surface area contributed by atoms with Gasteiger partial charge in [0.2, 0.25) is 0 Å². The molecule has 3 nitrogen and oxygen atoms in total. The van der Waals surface area contributed by atoms with Crippen molar-refractivity contribution >= 4 is 0 Å². The van der Waals surface area contributed by atoms with E-state index in [2.05, 4.69) is 51.2 Å². The highest BCUT2D eigenvalue weighted by Gasteiger charge is 2.30. The van der Waals surface area contributed by atoms with E-state index in [9.17, 15) is 0 Å². The van der Waals surface area contributed by atoms with Gasteiger partial charge in [0.05, 0.1) is 11.7 Å². The lowest BCUT2D eigenvalue weighted by atomic mass is 9.92. The van der Waals surface area contributed by atoms with Gasteiger partial charge in [0.1, 0.15) is 0 Å². The average molecular weight is 249 g/mol. The third-order valence-electron chi connectivity index (χ3n) is 3.89. The van der Waals surface area contributed by atoms with Crippen molar-refractivity contribution in [2.24, 2.45) is 5.41 Å². The van der Waals surface area contributed by atoms with E-state index >= 15 is 0 Å². The summed E-state index contributed by atoms with van der Waals surface area (Å²) in [5, 5.41) is 8.10. The first-order valence-electron chi connectivity index (χ1n) is 7.04. The summed E-state index contributed by atoms with van der Waals surface area (Å²) in [6.45, 7) is 12.2. The molecule has 1 saturated carbocycles. The molecule has 0 saturated heterocycles. The van der Waals surface area contributed by atoms with Crippen molar-refractivity contribution in [2.45, 2.75) is 72.0 Å². The Kier molecular flexibility index (Phi) is 3.54. The van der Waals surface area contributed by atoms with Crippen LogP contribution in [-0.4, -0.2) is 15.8 Å². The Morgan fingerprint density at radius 2 is 2.17 bits per heavy atom. The van der Waals surface area contributed by atoms with Crippen molar-refractivity contribution in [2.75, 3.05) is 0 Å². The Morgan fingerprint density at radius 3 is 2.67 bits per heavy atom. The molecule has 0 amide bonds. The number of aromatic nitrogens is 2. The fraction of sp³-hybridized carbons (Fsp3) is 0.800. The lowest BCUT2D eigenvalue weighted by Crippen LogP contribution is -2.26. The lowest BCUT2D eigenvalue weighted by Gasteiger charge is -2.19. The SMILES string of the molecule is CC1(C)CCC(NCc2cnn(C(C)(C)C)c2)C1. The molecule has 1 aliphatic carbocycles. The first-order valence-corrected chi connectivity index (χ1v) is 7.04. The van der Waals surface area contributed by atoms with Gasteiger partial charge in [0.15, 0.2) is 0 Å². The maximum atomic E-state index is 4.44. The van der Waals surface area contributed by atoms with Gasteiger partial charge in [-0.15, -0.1) is 0 Å². The molecule has 2 rings (SSSR count). The van der Waals surface area contributed by atoms with Crippen LogP contribution in [0.25, 0.3) is 0 Å². The summed E-state index contributed by atoms with van der Waals surface area (Å²) in [5.74, 6) is 0. The molecule has 18 heavy (non-hydrogen) atoms. The molecule has 1 aliphatic rings. The molecule has 1 unspecified atom stereocenters. The van der Waals surface area contributed by atoms with Crippen molar-refractivity contribution in [3.63, 3.8) is 0 Å². The van der Waals surface area contributed by atoms with Gasteiger partial charge in [0.25, 0.3) is 0 Å². The molecule has 0 radical (unpaired) electrons. The highest BCUT2D eigenvalue weighted by Crippen LogP contribution is 2.36. The van der Waals surface area contributed by atoms with Crippen LogP contribution < -0.4 is 5.32 Å². The minimum atomic E-state index is 0.0770. The van der Waals surface area contributed by atoms with Gasteiger partial charge >= 0.3 is 0 Å². The molecular formula is C15H27N3. The topological polar surface area (TPSA) is 29.9 Å². The molecule has 0 spiro atoms. The summed E-state index contributed by atoms with van der Waals surface area (Å²) in [5.41, 5.74) is 1.88. The first kappa shape index (κ1) is 13.6. The molecule has 1 heterocycles. The van der Waals surface area contributed by atoms with E-state index in [4.69, 9.17) is 0 Å². The number of nitrogens with zero attached hydrogens (tertiary/aromatic N) is 2. The van der Waals surface area contributed by atoms with Crippen molar-refractivity contribution in [3.8, 4) is 0 Å². The third-order valence-corrected chi connectivity index (χ3v) is 3.89. The van der Waals surface area contributed by atoms with E-state index in [-0.39, 0.29) is 5.54 Å². The van der Waals surface area contributed by atoms with Crippen LogP contribution in [0.5, 0.6) is 0 Å². The zero-order valence-corrected chi connectivity index (χ0v) is 12.5. The normalized spacial score (nSPS) is 23.5. The summed E-state index contributed by atoms with van der Waals surface area (Å²) < 4.78 is 2.04. The van der Waals surface area contributed by atoms with Crippen LogP contribution >= 0.6 is 0 Å². The quantitative estimate of drug-likeness (QED) is 0.890. The number of hydrogen-bond acceptors (Lipinski definition) is 2. The van der Waals surface area contributed by atoms with Gasteiger partial charge in [-0.2, -0.15) is 5.10 Å². The second-order valence-corrected chi connectivity index (χ2v) is 7.45. The van der Waals surface area contributed by atoms with E-state index in [1.54, 1.807) is 0 Å². The summed E-state index contributed by atoms with van der Waals surface area (Å²) in [4.78, 5) is 0. The summed E-state index contributed by atoms with van der Waals surface area (Å²) in [6, 6.07) is 0.679. The maximum Gasteiger partial charge on any atom is 0.0543 e. The van der Waals surface area contributed by atoms with Crippen molar-refractivity contribution in [1.82, 2.24) is 15.1 Å². The van der Waals surface area contributed by atoms with Gasteiger partial charge in [0, 0.05) is 24.3 Å². The van der Waals surface area contributed by atoms with Crippen LogP contribution in [0.4, 0.5) is 0 Å². The fourth-order valence-electron chi connectivity index (χ4n) is 2.69. The Hall–Kier alpha value is -0.830. The smallest absolute Gasteiger partial charge is 0.0543 e. The number of rotatable bonds is 3. The number of nitrogens with one attached hydrogen (secondary N) is 1. The first-order chi connectivity index (χ1) is 8.26. The van der Waals surface area contributed by atoms with Gasteiger partial charge in [-0.3, -0.25) is 4.68 Å². The van der Waals surface area contributed by atoms with E-state index in [1.165, 1.54) is 24.8 Å². The second-order valence-electron chi connectivity index (χ2n) is 7.45. The van der Waals surface area contributed by atoms with E-state index < -0.39 is 0 Å². The van der Waals surface area contributed by atoms with Crippen LogP contribution in [0.15, 0.2) is 12.4 Å². The summed E-state index contributed by atoms with van der Waals surface area (Å²) in [7, 11) is 0. The van der Waals surface area contributed by atoms with Gasteiger partial charge in [-0.25, -0.2) is 0 Å². The molecule has 1 atom stereocenters. The van der Waals surface area contributed by atoms with Crippen LogP contribution in [0.1, 0.15) is 59.4 Å². The Bertz CT molecular complexity index is 398. The standard InChI is InChI=1S/C15H27N3/c1-14(2,3)18-11-12(10-17-18)9-16-13-6-7-15(4,5)8-13/h10-11,13,16H,6-9H2,1-5H3. The minimum absolute atomic E-state index is 0.0770. The van der Waals surface area contributed by atoms with Crippen LogP contribution in [0.2, 0.25) is 0 Å². The van der Waals surface area contributed by atoms with Gasteiger partial charge < -0.3 is 5.32 Å². The molecule has 1 aromatic heterocycles. The second kappa shape index (κ2) is 4.69. The zero-order valence-electron chi connectivity index (χ0n) is 12.5. The summed E-state index contributed by atoms with van der Waals surface area (Å²) in [6.07, 6.45) is 8.08. The van der Waals surface area contributed by atoms with Crippen molar-refractivity contribution in [3.05, 3.63) is 18.0 Å². The predicted molar refractivity (Wildman–Crippen MR) is 75.5 cm³/mol. The maximum absolute atomic E-state index is 4.44. The van der Waals surface area contributed by atoms with E-state index in [0.717, 1.165) is 6.54 Å². The molecule has 1 aromatic rings. The highest BCUT2D eigenvalue weighted by molar-refractivity contribution is 5.05. The molecule has 0 bridgehead atoms. The largest absolute Gasteiger partial charge is 0.310 e. The van der Waals surface area contributed by atoms with Gasteiger partial charge in [-0.1, -0.05) is 13.8 Å². The molecule has 1 N–H and O–H groups in total. The molecule has 3 heteroatoms. The fourth-order valence-corrected chi connectivity index (χ4v) is 2.69. The van der Waals surface area contributed by atoms with Crippen molar-refractivity contribution < 1.29 is 0 Å². The predicted octanol–water partition coefficient (Wildman–Crippen LogP) is 3.31. The van der Waals surface area contributed by atoms with Gasteiger partial charge in [-0.05, 0) is 45.4 Å². The van der Waals surface area contributed by atoms with Crippen molar-refractivity contribution in [1.29, 1.82) is 0 Å². The van der Waals surface area contributed by atoms with E-state index in [1.807, 2.05) is 10.9 Å². The molecule has 0 aliphatic heterocycles. The Morgan fingerprint density at radius 1 is 1.44 bits per heavy atom. The van der Waals surface area contributed by atoms with Crippen LogP contribution in [0, 0.1) is 5.41 Å². The highest BCUT2D eigenvalue weighted by atomic mass is 15.3. The van der Waals surface area contributed by atoms with Crippen LogP contribution in [0.3, 0.4) is 0 Å². The molecular weight excluding hydrogens is 222 g/mol. The zero-order chi connectivity index (χ0) is 13.4. The van der Waals surface area contributed by atoms with E-state index in [0.29, 0.717) is 11.5 Å². The lowest BCUT2D eigenvalue weighted by molar-refractivity contribution is 0.354. The molecule has 102 valence electrons. The Balaban J connectivity index is 1.86. The molecule has 0 aromatic carbocycles. The summed E-state index contributed by atoms with van der Waals surface area (Å²) >= 11 is 0. The monoisotopic (exact) mass is 249 g/mol. The minimum Gasteiger partial charge on any atom is -0.310 e. The number of hydrogen-bond donors (Lipinski definition) is 1. The average Bonchev–Trinajstić information content (AvgIpc) is 2.80. The Labute approximate surface area is 111 Å². The third kappa shape index (κ3) is 3.35. The molecule has 1 fully saturated rings.